The van der Waals surface area contributed by atoms with Gasteiger partial charge in [0, 0.05) is 0 Å². The van der Waals surface area contributed by atoms with Gasteiger partial charge in [-0.1, -0.05) is 29.8 Å². The first-order valence-corrected chi connectivity index (χ1v) is 7.61. The van der Waals surface area contributed by atoms with E-state index in [4.69, 9.17) is 4.74 Å². The Labute approximate surface area is 135 Å². The number of aryl methyl sites for hydroxylation is 3. The molecule has 4 heteroatoms. The summed E-state index contributed by atoms with van der Waals surface area (Å²) >= 11 is 0. The summed E-state index contributed by atoms with van der Waals surface area (Å²) in [6, 6.07) is 14.4. The van der Waals surface area contributed by atoms with Gasteiger partial charge in [-0.3, -0.25) is 0 Å². The van der Waals surface area contributed by atoms with Crippen molar-refractivity contribution in [1.82, 2.24) is 10.2 Å². The Hall–Kier alpha value is -2.88. The summed E-state index contributed by atoms with van der Waals surface area (Å²) in [6.45, 7) is 6.40. The van der Waals surface area contributed by atoms with E-state index in [1.165, 1.54) is 22.4 Å². The smallest absolute Gasteiger partial charge is 0.263 e. The highest BCUT2D eigenvalue weighted by Crippen LogP contribution is 2.50. The molecule has 1 aromatic heterocycles. The highest BCUT2D eigenvalue weighted by Gasteiger charge is 2.28. The Morgan fingerprint density at radius 2 is 1.65 bits per heavy atom. The fourth-order valence-corrected chi connectivity index (χ4v) is 3.28. The summed E-state index contributed by atoms with van der Waals surface area (Å²) in [6.07, 6.45) is 1.70. The lowest BCUT2D eigenvalue weighted by Crippen LogP contribution is -2.18. The van der Waals surface area contributed by atoms with Crippen molar-refractivity contribution < 1.29 is 4.74 Å². The zero-order valence-electron chi connectivity index (χ0n) is 13.4. The van der Waals surface area contributed by atoms with Gasteiger partial charge in [-0.2, -0.15) is 5.10 Å². The molecule has 1 aliphatic rings. The topological polar surface area (TPSA) is 38.2 Å². The molecule has 0 saturated carbocycles. The lowest BCUT2D eigenvalue weighted by molar-refractivity contribution is 0.449. The van der Waals surface area contributed by atoms with Crippen molar-refractivity contribution in [3.63, 3.8) is 0 Å². The molecule has 23 heavy (non-hydrogen) atoms. The predicted molar refractivity (Wildman–Crippen MR) is 91.0 cm³/mol. The molecule has 4 nitrogen and oxygen atoms in total. The fraction of sp³-hybridized carbons (Fsp3) is 0.158. The van der Waals surface area contributed by atoms with Crippen LogP contribution >= 0.6 is 0 Å². The van der Waals surface area contributed by atoms with E-state index in [0.717, 1.165) is 17.1 Å². The normalized spacial score (nSPS) is 12.4. The van der Waals surface area contributed by atoms with Crippen LogP contribution in [0.3, 0.4) is 0 Å². The van der Waals surface area contributed by atoms with Crippen molar-refractivity contribution in [1.29, 1.82) is 0 Å². The maximum atomic E-state index is 5.92. The van der Waals surface area contributed by atoms with Crippen LogP contribution in [-0.4, -0.2) is 10.2 Å². The number of nitrogens with zero attached hydrogens (tertiary/aromatic N) is 3. The van der Waals surface area contributed by atoms with Crippen LogP contribution < -0.4 is 9.64 Å². The first-order chi connectivity index (χ1) is 11.1. The summed E-state index contributed by atoms with van der Waals surface area (Å²) in [5.41, 5.74) is 6.81. The second kappa shape index (κ2) is 5.09. The van der Waals surface area contributed by atoms with Crippen molar-refractivity contribution >= 4 is 17.1 Å². The van der Waals surface area contributed by atoms with Gasteiger partial charge >= 0.3 is 0 Å². The van der Waals surface area contributed by atoms with Crippen LogP contribution in [0.15, 0.2) is 48.7 Å². The highest BCUT2D eigenvalue weighted by molar-refractivity contribution is 5.87. The molecule has 0 radical (unpaired) electrons. The van der Waals surface area contributed by atoms with Crippen molar-refractivity contribution in [3.8, 4) is 11.6 Å². The molecule has 0 fully saturated rings. The SMILES string of the molecule is Cc1cc(C)c(N2c3ccccc3Oc3nnccc32)c(C)c1. The molecule has 0 amide bonds. The van der Waals surface area contributed by atoms with Crippen LogP contribution in [0, 0.1) is 20.8 Å². The Balaban J connectivity index is 2.02. The van der Waals surface area contributed by atoms with E-state index in [9.17, 15) is 0 Å². The van der Waals surface area contributed by atoms with Crippen molar-refractivity contribution in [2.45, 2.75) is 20.8 Å². The van der Waals surface area contributed by atoms with Crippen LogP contribution in [0.4, 0.5) is 17.1 Å². The molecule has 2 aromatic carbocycles. The van der Waals surface area contributed by atoms with E-state index in [1.54, 1.807) is 6.20 Å². The lowest BCUT2D eigenvalue weighted by atomic mass is 10.0. The van der Waals surface area contributed by atoms with Crippen molar-refractivity contribution in [2.24, 2.45) is 0 Å². The number of para-hydroxylation sites is 2. The summed E-state index contributed by atoms with van der Waals surface area (Å²) in [7, 11) is 0. The minimum atomic E-state index is 0.533. The Morgan fingerprint density at radius 1 is 0.913 bits per heavy atom. The number of aromatic nitrogens is 2. The van der Waals surface area contributed by atoms with Gasteiger partial charge < -0.3 is 9.64 Å². The van der Waals surface area contributed by atoms with E-state index < -0.39 is 0 Å². The van der Waals surface area contributed by atoms with E-state index in [0.29, 0.717) is 5.88 Å². The molecule has 1 aliphatic heterocycles. The largest absolute Gasteiger partial charge is 0.434 e. The number of fused-ring (bicyclic) bond motifs is 2. The first kappa shape index (κ1) is 13.8. The number of ether oxygens (including phenoxy) is 1. The molecular formula is C19H17N3O. The number of rotatable bonds is 1. The van der Waals surface area contributed by atoms with E-state index in [-0.39, 0.29) is 0 Å². The molecule has 0 saturated heterocycles. The lowest BCUT2D eigenvalue weighted by Gasteiger charge is -2.33. The van der Waals surface area contributed by atoms with Crippen molar-refractivity contribution in [2.75, 3.05) is 4.90 Å². The average molecular weight is 303 g/mol. The number of benzene rings is 2. The predicted octanol–water partition coefficient (Wildman–Crippen LogP) is 4.98. The van der Waals surface area contributed by atoms with Gasteiger partial charge in [-0.05, 0) is 50.1 Å². The summed E-state index contributed by atoms with van der Waals surface area (Å²) < 4.78 is 5.92. The van der Waals surface area contributed by atoms with Crippen LogP contribution in [0.5, 0.6) is 11.6 Å². The molecule has 114 valence electrons. The highest BCUT2D eigenvalue weighted by atomic mass is 16.5. The molecule has 4 rings (SSSR count). The van der Waals surface area contributed by atoms with Gasteiger partial charge in [0.15, 0.2) is 5.75 Å². The first-order valence-electron chi connectivity index (χ1n) is 7.61. The van der Waals surface area contributed by atoms with Crippen LogP contribution in [0.25, 0.3) is 0 Å². The molecule has 0 bridgehead atoms. The fourth-order valence-electron chi connectivity index (χ4n) is 3.28. The summed E-state index contributed by atoms with van der Waals surface area (Å²) in [5.74, 6) is 1.32. The van der Waals surface area contributed by atoms with Gasteiger partial charge in [0.25, 0.3) is 5.88 Å². The van der Waals surface area contributed by atoms with E-state index in [1.807, 2.05) is 24.3 Å². The Bertz CT molecular complexity index is 836. The molecular weight excluding hydrogens is 286 g/mol. The maximum Gasteiger partial charge on any atom is 0.263 e. The van der Waals surface area contributed by atoms with Gasteiger partial charge in [-0.25, -0.2) is 0 Å². The molecule has 0 spiro atoms. The third kappa shape index (κ3) is 2.14. The second-order valence-electron chi connectivity index (χ2n) is 5.87. The minimum Gasteiger partial charge on any atom is -0.434 e. The van der Waals surface area contributed by atoms with E-state index >= 15 is 0 Å². The summed E-state index contributed by atoms with van der Waals surface area (Å²) in [5, 5.41) is 8.11. The molecule has 0 aliphatic carbocycles. The van der Waals surface area contributed by atoms with Crippen LogP contribution in [0.2, 0.25) is 0 Å². The van der Waals surface area contributed by atoms with Crippen molar-refractivity contribution in [3.05, 3.63) is 65.4 Å². The minimum absolute atomic E-state index is 0.533. The Morgan fingerprint density at radius 3 is 2.43 bits per heavy atom. The third-order valence-electron chi connectivity index (χ3n) is 4.08. The number of hydrogen-bond acceptors (Lipinski definition) is 4. The van der Waals surface area contributed by atoms with Gasteiger partial charge in [0.1, 0.15) is 5.69 Å². The van der Waals surface area contributed by atoms with Gasteiger partial charge in [0.2, 0.25) is 0 Å². The van der Waals surface area contributed by atoms with E-state index in [2.05, 4.69) is 54.1 Å². The zero-order valence-corrected chi connectivity index (χ0v) is 13.4. The molecule has 0 N–H and O–H groups in total. The third-order valence-corrected chi connectivity index (χ3v) is 4.08. The van der Waals surface area contributed by atoms with Gasteiger partial charge in [0.05, 0.1) is 17.6 Å². The monoisotopic (exact) mass is 303 g/mol. The quantitative estimate of drug-likeness (QED) is 0.497. The van der Waals surface area contributed by atoms with Gasteiger partial charge in [-0.15, -0.1) is 5.10 Å². The Kier molecular flexibility index (Phi) is 3.05. The molecule has 0 unspecified atom stereocenters. The zero-order chi connectivity index (χ0) is 16.0. The molecule has 3 aromatic rings. The van der Waals surface area contributed by atoms with Crippen LogP contribution in [-0.2, 0) is 0 Å². The average Bonchev–Trinajstić information content (AvgIpc) is 2.53. The molecule has 0 atom stereocenters. The number of anilines is 3. The maximum absolute atomic E-state index is 5.92. The molecule has 2 heterocycles. The summed E-state index contributed by atoms with van der Waals surface area (Å²) in [4.78, 5) is 2.22. The van der Waals surface area contributed by atoms with Crippen LogP contribution in [0.1, 0.15) is 16.7 Å². The standard InChI is InChI=1S/C19H17N3O/c1-12-10-13(2)18(14(3)11-12)22-15-6-4-5-7-17(15)23-19-16(22)8-9-20-21-19/h4-11H,1-3H3. The number of hydrogen-bond donors (Lipinski definition) is 0. The second-order valence-corrected chi connectivity index (χ2v) is 5.87.